The smallest absolute Gasteiger partial charge is 0.190 e. The highest BCUT2D eigenvalue weighted by Gasteiger charge is 2.26. The summed E-state index contributed by atoms with van der Waals surface area (Å²) in [6.07, 6.45) is 5.90. The summed E-state index contributed by atoms with van der Waals surface area (Å²) in [4.78, 5) is 0. The molecule has 0 fully saturated rings. The van der Waals surface area contributed by atoms with E-state index in [4.69, 9.17) is 4.43 Å². The average Bonchev–Trinajstić information content (AvgIpc) is 2.23. The van der Waals surface area contributed by atoms with Gasteiger partial charge in [-0.1, -0.05) is 39.7 Å². The predicted octanol–water partition coefficient (Wildman–Crippen LogP) is 4.36. The normalized spacial score (nSPS) is 14.0. The summed E-state index contributed by atoms with van der Waals surface area (Å²) in [7, 11) is -1.40. The molecule has 1 atom stereocenters. The number of unbranched alkanes of at least 4 members (excludes halogenated alkanes) is 1. The van der Waals surface area contributed by atoms with Crippen LogP contribution >= 0.6 is 0 Å². The van der Waals surface area contributed by atoms with Crippen molar-refractivity contribution in [2.24, 2.45) is 0 Å². The van der Waals surface area contributed by atoms with Gasteiger partial charge in [0.05, 0.1) is 6.10 Å². The molecule has 2 heteroatoms. The van der Waals surface area contributed by atoms with Crippen LogP contribution in [0, 0.1) is 0 Å². The van der Waals surface area contributed by atoms with Crippen molar-refractivity contribution in [3.8, 4) is 0 Å². The lowest BCUT2D eigenvalue weighted by molar-refractivity contribution is 0.222. The van der Waals surface area contributed by atoms with Crippen molar-refractivity contribution in [1.29, 1.82) is 0 Å². The summed E-state index contributed by atoms with van der Waals surface area (Å²) < 4.78 is 6.21. The molecule has 0 aliphatic rings. The molecule has 0 N–H and O–H groups in total. The van der Waals surface area contributed by atoms with Crippen LogP contribution in [0.15, 0.2) is 12.7 Å². The molecule has 1 unspecified atom stereocenters. The fourth-order valence-corrected chi connectivity index (χ4v) is 3.19. The van der Waals surface area contributed by atoms with E-state index in [0.717, 1.165) is 6.42 Å². The van der Waals surface area contributed by atoms with E-state index in [9.17, 15) is 0 Å². The van der Waals surface area contributed by atoms with E-state index in [0.29, 0.717) is 6.10 Å². The Morgan fingerprint density at radius 3 is 2.21 bits per heavy atom. The van der Waals surface area contributed by atoms with E-state index in [2.05, 4.69) is 33.9 Å². The molecule has 0 aliphatic carbocycles. The maximum absolute atomic E-state index is 6.21. The van der Waals surface area contributed by atoms with Crippen molar-refractivity contribution in [1.82, 2.24) is 0 Å². The van der Waals surface area contributed by atoms with E-state index in [1.54, 1.807) is 0 Å². The van der Waals surface area contributed by atoms with Gasteiger partial charge in [0.1, 0.15) is 0 Å². The average molecular weight is 214 g/mol. The van der Waals surface area contributed by atoms with Crippen LogP contribution in [0.3, 0.4) is 0 Å². The Morgan fingerprint density at radius 2 is 1.86 bits per heavy atom. The third kappa shape index (κ3) is 4.96. The molecule has 0 heterocycles. The molecule has 0 aromatic rings. The zero-order valence-electron chi connectivity index (χ0n) is 10.3. The van der Waals surface area contributed by atoms with Gasteiger partial charge in [-0.05, 0) is 25.1 Å². The molecule has 0 radical (unpaired) electrons. The Morgan fingerprint density at radius 1 is 1.29 bits per heavy atom. The molecule has 0 saturated carbocycles. The molecule has 0 aliphatic heterocycles. The summed E-state index contributed by atoms with van der Waals surface area (Å²) in [5.74, 6) is 0. The highest BCUT2D eigenvalue weighted by Crippen LogP contribution is 2.20. The van der Waals surface area contributed by atoms with Crippen LogP contribution in [0.5, 0.6) is 0 Å². The van der Waals surface area contributed by atoms with Crippen molar-refractivity contribution in [2.75, 3.05) is 0 Å². The van der Waals surface area contributed by atoms with Crippen molar-refractivity contribution < 1.29 is 4.43 Å². The molecule has 0 amide bonds. The highest BCUT2D eigenvalue weighted by atomic mass is 28.4. The van der Waals surface area contributed by atoms with E-state index >= 15 is 0 Å². The summed E-state index contributed by atoms with van der Waals surface area (Å²) in [5, 5.41) is 0. The first-order chi connectivity index (χ1) is 6.61. The van der Waals surface area contributed by atoms with Crippen molar-refractivity contribution in [3.63, 3.8) is 0 Å². The van der Waals surface area contributed by atoms with Gasteiger partial charge >= 0.3 is 0 Å². The zero-order chi connectivity index (χ0) is 11.0. The van der Waals surface area contributed by atoms with Crippen LogP contribution in [-0.2, 0) is 4.43 Å². The van der Waals surface area contributed by atoms with Crippen LogP contribution < -0.4 is 0 Å². The first-order valence-corrected chi connectivity index (χ1v) is 8.74. The molecule has 0 spiro atoms. The van der Waals surface area contributed by atoms with Crippen LogP contribution in [0.25, 0.3) is 0 Å². The molecule has 0 aromatic carbocycles. The number of rotatable bonds is 8. The van der Waals surface area contributed by atoms with Crippen LogP contribution in [-0.4, -0.2) is 14.4 Å². The van der Waals surface area contributed by atoms with Gasteiger partial charge < -0.3 is 4.43 Å². The van der Waals surface area contributed by atoms with Gasteiger partial charge in [0.2, 0.25) is 0 Å². The lowest BCUT2D eigenvalue weighted by Crippen LogP contribution is -2.36. The second-order valence-electron chi connectivity index (χ2n) is 4.19. The van der Waals surface area contributed by atoms with Gasteiger partial charge in [-0.25, -0.2) is 0 Å². The molecule has 1 nitrogen and oxygen atoms in total. The molecule has 0 aromatic heterocycles. The fraction of sp³-hybridized carbons (Fsp3) is 0.833. The van der Waals surface area contributed by atoms with Crippen molar-refractivity contribution in [3.05, 3.63) is 12.7 Å². The van der Waals surface area contributed by atoms with Crippen molar-refractivity contribution in [2.45, 2.75) is 64.8 Å². The minimum absolute atomic E-state index is 0.298. The van der Waals surface area contributed by atoms with Crippen LogP contribution in [0.1, 0.15) is 40.0 Å². The Labute approximate surface area is 90.7 Å². The van der Waals surface area contributed by atoms with E-state index in [1.807, 2.05) is 6.08 Å². The summed E-state index contributed by atoms with van der Waals surface area (Å²) >= 11 is 0. The van der Waals surface area contributed by atoms with Crippen molar-refractivity contribution >= 4 is 8.32 Å². The third-order valence-corrected chi connectivity index (χ3v) is 6.90. The predicted molar refractivity (Wildman–Crippen MR) is 67.2 cm³/mol. The lowest BCUT2D eigenvalue weighted by atomic mass is 10.2. The van der Waals surface area contributed by atoms with Gasteiger partial charge in [-0.3, -0.25) is 0 Å². The van der Waals surface area contributed by atoms with E-state index < -0.39 is 8.32 Å². The Hall–Kier alpha value is -0.0831. The van der Waals surface area contributed by atoms with Gasteiger partial charge in [0, 0.05) is 0 Å². The largest absolute Gasteiger partial charge is 0.411 e. The monoisotopic (exact) mass is 214 g/mol. The maximum atomic E-state index is 6.21. The van der Waals surface area contributed by atoms with Gasteiger partial charge in [0.15, 0.2) is 8.32 Å². The van der Waals surface area contributed by atoms with Gasteiger partial charge in [-0.2, -0.15) is 0 Å². The number of hydrogen-bond acceptors (Lipinski definition) is 1. The third-order valence-electron chi connectivity index (χ3n) is 3.04. The molecule has 0 bridgehead atoms. The minimum atomic E-state index is -1.40. The molecular formula is C12H26OSi. The summed E-state index contributed by atoms with van der Waals surface area (Å²) in [5.41, 5.74) is 0. The lowest BCUT2D eigenvalue weighted by Gasteiger charge is -2.29. The topological polar surface area (TPSA) is 9.23 Å². The second-order valence-corrected chi connectivity index (χ2v) is 8.74. The van der Waals surface area contributed by atoms with Gasteiger partial charge in [-0.15, -0.1) is 6.58 Å². The second kappa shape index (κ2) is 7.24. The number of hydrogen-bond donors (Lipinski definition) is 0. The first kappa shape index (κ1) is 13.9. The SMILES string of the molecule is C=CC(CCCC)O[Si](C)(CC)CC. The fourth-order valence-electron chi connectivity index (χ4n) is 1.41. The van der Waals surface area contributed by atoms with E-state index in [-0.39, 0.29) is 0 Å². The Kier molecular flexibility index (Phi) is 7.20. The maximum Gasteiger partial charge on any atom is 0.190 e. The molecule has 0 rings (SSSR count). The Balaban J connectivity index is 4.07. The van der Waals surface area contributed by atoms with E-state index in [1.165, 1.54) is 24.9 Å². The summed E-state index contributed by atoms with van der Waals surface area (Å²) in [6.45, 7) is 12.9. The minimum Gasteiger partial charge on any atom is -0.411 e. The standard InChI is InChI=1S/C12H26OSi/c1-6-10-11-12(7-2)13-14(5,8-3)9-4/h7,12H,2,6,8-11H2,1,3-5H3. The summed E-state index contributed by atoms with van der Waals surface area (Å²) in [6, 6.07) is 2.42. The molecular weight excluding hydrogens is 188 g/mol. The van der Waals surface area contributed by atoms with Gasteiger partial charge in [0.25, 0.3) is 0 Å². The quantitative estimate of drug-likeness (QED) is 0.431. The molecule has 0 saturated heterocycles. The van der Waals surface area contributed by atoms with Crippen LogP contribution in [0.4, 0.5) is 0 Å². The first-order valence-electron chi connectivity index (χ1n) is 5.92. The molecule has 84 valence electrons. The Bertz CT molecular complexity index is 152. The molecule has 14 heavy (non-hydrogen) atoms. The zero-order valence-corrected chi connectivity index (χ0v) is 11.3. The highest BCUT2D eigenvalue weighted by molar-refractivity contribution is 6.72. The van der Waals surface area contributed by atoms with Crippen LogP contribution in [0.2, 0.25) is 18.6 Å².